The van der Waals surface area contributed by atoms with Crippen molar-refractivity contribution in [2.24, 2.45) is 0 Å². The Morgan fingerprint density at radius 3 is 2.83 bits per heavy atom. The van der Waals surface area contributed by atoms with Crippen molar-refractivity contribution in [3.05, 3.63) is 66.0 Å². The fraction of sp³-hybridized carbons (Fsp3) is 0.143. The first-order chi connectivity index (χ1) is 14.5. The van der Waals surface area contributed by atoms with Gasteiger partial charge in [-0.2, -0.15) is 9.61 Å². The van der Waals surface area contributed by atoms with E-state index in [9.17, 15) is 9.18 Å². The van der Waals surface area contributed by atoms with Crippen LogP contribution in [0.5, 0.6) is 5.75 Å². The molecule has 0 saturated carbocycles. The molecule has 0 aliphatic carbocycles. The fourth-order valence-electron chi connectivity index (χ4n) is 2.79. The third-order valence-corrected chi connectivity index (χ3v) is 5.31. The second-order valence-corrected chi connectivity index (χ2v) is 7.45. The number of carbonyl (C=O) groups excluding carboxylic acids is 1. The number of rotatable bonds is 6. The van der Waals surface area contributed by atoms with E-state index in [2.05, 4.69) is 20.6 Å². The van der Waals surface area contributed by atoms with Crippen molar-refractivity contribution >= 4 is 29.0 Å². The summed E-state index contributed by atoms with van der Waals surface area (Å²) in [7, 11) is 1.61. The lowest BCUT2D eigenvalue weighted by Crippen LogP contribution is -2.14. The summed E-state index contributed by atoms with van der Waals surface area (Å²) in [6.45, 7) is 1.67. The summed E-state index contributed by atoms with van der Waals surface area (Å²) in [5.74, 6) is 0.181. The van der Waals surface area contributed by atoms with Crippen molar-refractivity contribution in [3.63, 3.8) is 0 Å². The average Bonchev–Trinajstić information content (AvgIpc) is 3.17. The van der Waals surface area contributed by atoms with Crippen LogP contribution in [0.4, 0.5) is 10.1 Å². The van der Waals surface area contributed by atoms with Gasteiger partial charge in [0.05, 0.1) is 18.6 Å². The van der Waals surface area contributed by atoms with Crippen molar-refractivity contribution < 1.29 is 13.9 Å². The molecule has 0 spiro atoms. The minimum Gasteiger partial charge on any atom is -0.497 e. The van der Waals surface area contributed by atoms with Gasteiger partial charge in [0.25, 0.3) is 0 Å². The van der Waals surface area contributed by atoms with E-state index in [1.54, 1.807) is 30.7 Å². The number of aromatic nitrogens is 4. The van der Waals surface area contributed by atoms with Crippen molar-refractivity contribution in [2.75, 3.05) is 18.2 Å². The van der Waals surface area contributed by atoms with Gasteiger partial charge in [-0.05, 0) is 48.9 Å². The van der Waals surface area contributed by atoms with Gasteiger partial charge in [-0.15, -0.1) is 10.2 Å². The summed E-state index contributed by atoms with van der Waals surface area (Å²) in [6.07, 6.45) is 0. The van der Waals surface area contributed by atoms with Crippen molar-refractivity contribution in [1.29, 1.82) is 0 Å². The third-order valence-electron chi connectivity index (χ3n) is 4.39. The number of fused-ring (bicyclic) bond motifs is 1. The Bertz CT molecular complexity index is 1230. The number of hydrogen-bond donors (Lipinski definition) is 1. The molecule has 7 nitrogen and oxygen atoms in total. The van der Waals surface area contributed by atoms with Crippen LogP contribution in [0.15, 0.2) is 59.8 Å². The molecular weight excluding hydrogens is 405 g/mol. The van der Waals surface area contributed by atoms with Crippen LogP contribution < -0.4 is 10.1 Å². The van der Waals surface area contributed by atoms with Crippen LogP contribution in [0.25, 0.3) is 16.9 Å². The monoisotopic (exact) mass is 423 g/mol. The molecule has 30 heavy (non-hydrogen) atoms. The predicted molar refractivity (Wildman–Crippen MR) is 113 cm³/mol. The molecule has 4 rings (SSSR count). The number of hydrogen-bond acceptors (Lipinski definition) is 6. The normalized spacial score (nSPS) is 10.9. The standard InChI is InChI=1S/C21H18FN5O2S/c1-13-6-7-15(11-17(13)22)23-20(28)12-30-21-25-24-19-9-8-18(26-27(19)21)14-4-3-5-16(10-14)29-2/h3-11H,12H2,1-2H3,(H,23,28). The van der Waals surface area contributed by atoms with Crippen LogP contribution in [0.2, 0.25) is 0 Å². The van der Waals surface area contributed by atoms with Gasteiger partial charge in [-0.3, -0.25) is 4.79 Å². The zero-order valence-corrected chi connectivity index (χ0v) is 17.1. The molecule has 0 radical (unpaired) electrons. The van der Waals surface area contributed by atoms with Crippen LogP contribution in [0.1, 0.15) is 5.56 Å². The SMILES string of the molecule is COc1cccc(-c2ccc3nnc(SCC(=O)Nc4ccc(C)c(F)c4)n3n2)c1. The van der Waals surface area contributed by atoms with Crippen LogP contribution >= 0.6 is 11.8 Å². The van der Waals surface area contributed by atoms with Gasteiger partial charge in [-0.1, -0.05) is 30.0 Å². The van der Waals surface area contributed by atoms with E-state index in [0.717, 1.165) is 17.0 Å². The Balaban J connectivity index is 1.50. The number of amides is 1. The van der Waals surface area contributed by atoms with Gasteiger partial charge < -0.3 is 10.1 Å². The van der Waals surface area contributed by atoms with E-state index in [0.29, 0.717) is 22.1 Å². The van der Waals surface area contributed by atoms with Gasteiger partial charge in [0.1, 0.15) is 11.6 Å². The average molecular weight is 423 g/mol. The highest BCUT2D eigenvalue weighted by Gasteiger charge is 2.12. The molecule has 0 unspecified atom stereocenters. The van der Waals surface area contributed by atoms with Crippen molar-refractivity contribution in [1.82, 2.24) is 19.8 Å². The number of nitrogens with zero attached hydrogens (tertiary/aromatic N) is 4. The van der Waals surface area contributed by atoms with Gasteiger partial charge in [-0.25, -0.2) is 4.39 Å². The molecule has 2 aromatic carbocycles. The number of carbonyl (C=O) groups is 1. The summed E-state index contributed by atoms with van der Waals surface area (Å²) < 4.78 is 20.5. The van der Waals surface area contributed by atoms with Gasteiger partial charge in [0.15, 0.2) is 5.65 Å². The highest BCUT2D eigenvalue weighted by atomic mass is 32.2. The lowest BCUT2D eigenvalue weighted by molar-refractivity contribution is -0.113. The Morgan fingerprint density at radius 2 is 2.03 bits per heavy atom. The molecule has 1 amide bonds. The maximum absolute atomic E-state index is 13.6. The lowest BCUT2D eigenvalue weighted by atomic mass is 10.1. The maximum atomic E-state index is 13.6. The van der Waals surface area contributed by atoms with Crippen LogP contribution in [-0.4, -0.2) is 38.6 Å². The minimum atomic E-state index is -0.363. The molecule has 2 aromatic heterocycles. The first-order valence-electron chi connectivity index (χ1n) is 9.09. The molecular formula is C21H18FN5O2S. The number of methoxy groups -OCH3 is 1. The van der Waals surface area contributed by atoms with E-state index in [1.165, 1.54) is 17.8 Å². The summed E-state index contributed by atoms with van der Waals surface area (Å²) in [5, 5.41) is 16.0. The number of nitrogens with one attached hydrogen (secondary N) is 1. The van der Waals surface area contributed by atoms with Gasteiger partial charge in [0.2, 0.25) is 11.1 Å². The molecule has 2 heterocycles. The summed E-state index contributed by atoms with van der Waals surface area (Å²) in [5.41, 5.74) is 3.12. The highest BCUT2D eigenvalue weighted by Crippen LogP contribution is 2.24. The quantitative estimate of drug-likeness (QED) is 0.473. The summed E-state index contributed by atoms with van der Waals surface area (Å²) in [6, 6.07) is 15.8. The zero-order valence-electron chi connectivity index (χ0n) is 16.3. The number of thioether (sulfide) groups is 1. The lowest BCUT2D eigenvalue weighted by Gasteiger charge is -2.06. The number of aryl methyl sites for hydroxylation is 1. The predicted octanol–water partition coefficient (Wildman–Crippen LogP) is 3.98. The second kappa shape index (κ2) is 8.50. The highest BCUT2D eigenvalue weighted by molar-refractivity contribution is 7.99. The molecule has 1 N–H and O–H groups in total. The molecule has 0 atom stereocenters. The van der Waals surface area contributed by atoms with Crippen LogP contribution in [-0.2, 0) is 4.79 Å². The maximum Gasteiger partial charge on any atom is 0.234 e. The second-order valence-electron chi connectivity index (χ2n) is 6.50. The van der Waals surface area contributed by atoms with Crippen LogP contribution in [0.3, 0.4) is 0 Å². The van der Waals surface area contributed by atoms with E-state index in [-0.39, 0.29) is 17.5 Å². The Hall–Kier alpha value is -3.46. The van der Waals surface area contributed by atoms with Crippen LogP contribution in [0, 0.1) is 12.7 Å². The molecule has 0 aliphatic heterocycles. The fourth-order valence-corrected chi connectivity index (χ4v) is 3.48. The third kappa shape index (κ3) is 4.25. The smallest absolute Gasteiger partial charge is 0.234 e. The molecule has 4 aromatic rings. The van der Waals surface area contributed by atoms with E-state index in [4.69, 9.17) is 4.74 Å². The first kappa shape index (κ1) is 19.8. The van der Waals surface area contributed by atoms with Gasteiger partial charge in [0, 0.05) is 11.3 Å². The molecule has 0 saturated heterocycles. The number of ether oxygens (including phenoxy) is 1. The first-order valence-corrected chi connectivity index (χ1v) is 10.1. The molecule has 152 valence electrons. The Morgan fingerprint density at radius 1 is 1.17 bits per heavy atom. The molecule has 9 heteroatoms. The number of benzene rings is 2. The summed E-state index contributed by atoms with van der Waals surface area (Å²) in [4.78, 5) is 12.3. The summed E-state index contributed by atoms with van der Waals surface area (Å²) >= 11 is 1.20. The van der Waals surface area contributed by atoms with E-state index >= 15 is 0 Å². The number of halogens is 1. The van der Waals surface area contributed by atoms with E-state index < -0.39 is 0 Å². The Labute approximate surface area is 176 Å². The molecule has 0 bridgehead atoms. The topological polar surface area (TPSA) is 81.4 Å². The molecule has 0 aliphatic rings. The van der Waals surface area contributed by atoms with Crippen molar-refractivity contribution in [2.45, 2.75) is 12.1 Å². The minimum absolute atomic E-state index is 0.0847. The van der Waals surface area contributed by atoms with Crippen molar-refractivity contribution in [3.8, 4) is 17.0 Å². The zero-order chi connectivity index (χ0) is 21.1. The largest absolute Gasteiger partial charge is 0.497 e. The van der Waals surface area contributed by atoms with E-state index in [1.807, 2.05) is 36.4 Å². The number of anilines is 1. The molecule has 0 fully saturated rings. The Kier molecular flexibility index (Phi) is 5.62. The van der Waals surface area contributed by atoms with Gasteiger partial charge >= 0.3 is 0 Å².